The van der Waals surface area contributed by atoms with Crippen LogP contribution in [0.5, 0.6) is 5.75 Å². The normalized spacial score (nSPS) is 10.7. The standard InChI is InChI=1S/C13H17O2Si.C9H7.C3H6.2ClH.Zr/c1-16(2,3)15-10-14-13-8-11-6-4-5-7-12(11)9-13;1-2-5-9-7-3-6-8(9)4-1;1-3-2;;;/h4-9H,10H2,1-3H3;1-7H;1-2H3;2*1H;/q2*-1;;;;+2/p-2. The fourth-order valence-corrected chi connectivity index (χ4v) is 2.96. The molecule has 2 nitrogen and oxygen atoms in total. The molecule has 0 aliphatic carbocycles. The van der Waals surface area contributed by atoms with E-state index in [9.17, 15) is 0 Å². The number of halogens is 2. The molecule has 4 aromatic rings. The maximum atomic E-state index is 5.65. The van der Waals surface area contributed by atoms with Crippen LogP contribution in [0.2, 0.25) is 19.6 Å². The fourth-order valence-electron chi connectivity index (χ4n) is 2.55. The van der Waals surface area contributed by atoms with E-state index < -0.39 is 27.2 Å². The molecule has 0 saturated heterocycles. The van der Waals surface area contributed by atoms with Crippen molar-refractivity contribution in [2.75, 3.05) is 6.79 Å². The van der Waals surface area contributed by atoms with Gasteiger partial charge in [-0.2, -0.15) is 17.5 Å². The van der Waals surface area contributed by atoms with Gasteiger partial charge in [-0.05, 0) is 19.6 Å². The monoisotopic (exact) mass is 550 g/mol. The Morgan fingerprint density at radius 1 is 0.903 bits per heavy atom. The van der Waals surface area contributed by atoms with E-state index >= 15 is 0 Å². The SMILES string of the molecule is C[C](C)=[Zr]([Cl])[Cl].C[Si](C)(C)OCOc1cc2ccccc2[cH-]1.c1ccc2[cH-]ccc2c1. The van der Waals surface area contributed by atoms with E-state index in [0.29, 0.717) is 6.79 Å². The molecule has 0 amide bonds. The zero-order chi connectivity index (χ0) is 22.9. The number of ether oxygens (including phenoxy) is 1. The Morgan fingerprint density at radius 2 is 1.48 bits per heavy atom. The smallest absolute Gasteiger partial charge is 0.188 e. The van der Waals surface area contributed by atoms with Gasteiger partial charge in [-0.15, -0.1) is 70.8 Å². The van der Waals surface area contributed by atoms with Gasteiger partial charge >= 0.3 is 53.0 Å². The molecule has 4 aromatic carbocycles. The van der Waals surface area contributed by atoms with E-state index in [1.807, 2.05) is 38.1 Å². The van der Waals surface area contributed by atoms with Gasteiger partial charge in [0.15, 0.2) is 15.1 Å². The molecule has 4 rings (SSSR count). The Balaban J connectivity index is 0.000000191. The summed E-state index contributed by atoms with van der Waals surface area (Å²) in [5.41, 5.74) is 0. The van der Waals surface area contributed by atoms with Crippen LogP contribution in [-0.2, 0) is 23.3 Å². The van der Waals surface area contributed by atoms with Gasteiger partial charge in [0.2, 0.25) is 0 Å². The summed E-state index contributed by atoms with van der Waals surface area (Å²) < 4.78 is 12.5. The number of fused-ring (bicyclic) bond motifs is 2. The van der Waals surface area contributed by atoms with Crippen LogP contribution in [0, 0.1) is 0 Å². The summed E-state index contributed by atoms with van der Waals surface area (Å²) in [6.07, 6.45) is 0. The average molecular weight is 553 g/mol. The van der Waals surface area contributed by atoms with Crippen LogP contribution in [0.1, 0.15) is 13.8 Å². The molecule has 0 unspecified atom stereocenters. The van der Waals surface area contributed by atoms with Gasteiger partial charge in [0.25, 0.3) is 0 Å². The molecule has 0 saturated carbocycles. The number of hydrogen-bond acceptors (Lipinski definition) is 2. The van der Waals surface area contributed by atoms with Gasteiger partial charge in [-0.25, -0.2) is 0 Å². The topological polar surface area (TPSA) is 18.5 Å². The van der Waals surface area contributed by atoms with Crippen molar-refractivity contribution in [1.82, 2.24) is 0 Å². The predicted molar refractivity (Wildman–Crippen MR) is 137 cm³/mol. The van der Waals surface area contributed by atoms with Crippen molar-refractivity contribution in [1.29, 1.82) is 0 Å². The first-order valence-electron chi connectivity index (χ1n) is 10.2. The second-order valence-corrected chi connectivity index (χ2v) is 22.1. The van der Waals surface area contributed by atoms with Crippen molar-refractivity contribution in [3.05, 3.63) is 78.9 Å². The van der Waals surface area contributed by atoms with Crippen LogP contribution < -0.4 is 4.74 Å². The van der Waals surface area contributed by atoms with Crippen LogP contribution in [-0.4, -0.2) is 18.3 Å². The number of rotatable bonds is 4. The molecule has 166 valence electrons. The van der Waals surface area contributed by atoms with E-state index in [1.54, 1.807) is 0 Å². The molecular weight excluding hydrogens is 522 g/mol. The van der Waals surface area contributed by atoms with Crippen LogP contribution in [0.15, 0.2) is 78.9 Å². The molecular formula is C25H30Cl2O2SiZr-2. The fraction of sp³-hybridized carbons (Fsp3) is 0.240. The molecule has 0 bridgehead atoms. The molecule has 0 aliphatic heterocycles. The van der Waals surface area contributed by atoms with Crippen molar-refractivity contribution in [2.45, 2.75) is 33.5 Å². The quantitative estimate of drug-likeness (QED) is 0.144. The molecule has 0 spiro atoms. The first kappa shape index (κ1) is 26.2. The minimum absolute atomic E-state index is 0.353. The van der Waals surface area contributed by atoms with Gasteiger partial charge in [-0.1, -0.05) is 12.1 Å². The van der Waals surface area contributed by atoms with Crippen molar-refractivity contribution < 1.29 is 28.0 Å². The molecule has 0 heterocycles. The summed E-state index contributed by atoms with van der Waals surface area (Å²) in [7, 11) is 9.60. The molecule has 0 aromatic heterocycles. The zero-order valence-electron chi connectivity index (χ0n) is 18.8. The molecule has 0 N–H and O–H groups in total. The Labute approximate surface area is 201 Å². The maximum absolute atomic E-state index is 5.65. The maximum Gasteiger partial charge on any atom is 0.188 e. The Bertz CT molecular complexity index is 1030. The van der Waals surface area contributed by atoms with Gasteiger partial charge < -0.3 is 9.16 Å². The summed E-state index contributed by atoms with van der Waals surface area (Å²) >= 11 is -1.84. The minimum Gasteiger partial charge on any atom is -0.489 e. The summed E-state index contributed by atoms with van der Waals surface area (Å²) in [5.74, 6) is 0.888. The molecule has 0 radical (unpaired) electrons. The van der Waals surface area contributed by atoms with Crippen LogP contribution >= 0.6 is 17.0 Å². The van der Waals surface area contributed by atoms with E-state index in [1.165, 1.54) is 24.8 Å². The minimum atomic E-state index is -1.84. The van der Waals surface area contributed by atoms with E-state index in [4.69, 9.17) is 26.2 Å². The van der Waals surface area contributed by atoms with Gasteiger partial charge in [0, 0.05) is 5.75 Å². The van der Waals surface area contributed by atoms with Crippen LogP contribution in [0.3, 0.4) is 0 Å². The predicted octanol–water partition coefficient (Wildman–Crippen LogP) is 8.43. The molecule has 6 heteroatoms. The first-order valence-corrected chi connectivity index (χ1v) is 21.1. The average Bonchev–Trinajstić information content (AvgIpc) is 3.34. The third kappa shape index (κ3) is 9.97. The zero-order valence-corrected chi connectivity index (χ0v) is 23.8. The van der Waals surface area contributed by atoms with Crippen molar-refractivity contribution in [3.63, 3.8) is 0 Å². The molecule has 0 atom stereocenters. The Kier molecular flexibility index (Phi) is 10.9. The summed E-state index contributed by atoms with van der Waals surface area (Å²) in [6.45, 7) is 10.8. The summed E-state index contributed by atoms with van der Waals surface area (Å²) in [6, 6.07) is 27.0. The van der Waals surface area contributed by atoms with Gasteiger partial charge in [0.05, 0.1) is 0 Å². The van der Waals surface area contributed by atoms with Gasteiger partial charge in [0.1, 0.15) is 0 Å². The Morgan fingerprint density at radius 3 is 2.03 bits per heavy atom. The molecule has 0 fully saturated rings. The van der Waals surface area contributed by atoms with Crippen LogP contribution in [0.25, 0.3) is 21.5 Å². The van der Waals surface area contributed by atoms with Crippen molar-refractivity contribution in [3.8, 4) is 5.75 Å². The van der Waals surface area contributed by atoms with Gasteiger partial charge in [-0.3, -0.25) is 0 Å². The largest absolute Gasteiger partial charge is 0.489 e. The van der Waals surface area contributed by atoms with Crippen LogP contribution in [0.4, 0.5) is 0 Å². The van der Waals surface area contributed by atoms with Crippen molar-refractivity contribution >= 4 is 50.1 Å². The van der Waals surface area contributed by atoms with Crippen molar-refractivity contribution in [2.24, 2.45) is 0 Å². The third-order valence-electron chi connectivity index (χ3n) is 4.23. The number of hydrogen-bond donors (Lipinski definition) is 0. The first-order chi connectivity index (χ1) is 14.7. The molecule has 0 aliphatic rings. The second-order valence-electron chi connectivity index (χ2n) is 8.25. The van der Waals surface area contributed by atoms with E-state index in [-0.39, 0.29) is 0 Å². The number of benzene rings is 2. The second kappa shape index (κ2) is 12.9. The summed E-state index contributed by atoms with van der Waals surface area (Å²) in [4.78, 5) is 0. The summed E-state index contributed by atoms with van der Waals surface area (Å²) in [5, 5.41) is 5.09. The van der Waals surface area contributed by atoms with E-state index in [0.717, 1.165) is 5.75 Å². The van der Waals surface area contributed by atoms with E-state index in [2.05, 4.69) is 74.2 Å². The molecule has 31 heavy (non-hydrogen) atoms. The third-order valence-corrected chi connectivity index (χ3v) is 11.5. The Hall–Kier alpha value is -1.03.